The van der Waals surface area contributed by atoms with Crippen LogP contribution in [0.4, 0.5) is 0 Å². The molecule has 1 aromatic heterocycles. The molecule has 0 radical (unpaired) electrons. The van der Waals surface area contributed by atoms with E-state index in [1.165, 1.54) is 5.69 Å². The molecule has 2 aliphatic rings. The Morgan fingerprint density at radius 3 is 2.31 bits per heavy atom. The smallest absolute Gasteiger partial charge is 0.242 e. The fourth-order valence-corrected chi connectivity index (χ4v) is 3.17. The van der Waals surface area contributed by atoms with Crippen LogP contribution in [-0.4, -0.2) is 51.3 Å². The van der Waals surface area contributed by atoms with Gasteiger partial charge in [0, 0.05) is 42.4 Å². The minimum Gasteiger partial charge on any atom is -0.354 e. The molecule has 0 saturated carbocycles. The number of carbonyl (C=O) groups excluding carboxylic acids is 3. The summed E-state index contributed by atoms with van der Waals surface area (Å²) >= 11 is 0. The number of rotatable bonds is 1. The second kappa shape index (κ2) is 8.55. The lowest BCUT2D eigenvalue weighted by Gasteiger charge is -2.33. The summed E-state index contributed by atoms with van der Waals surface area (Å²) in [6, 6.07) is -0.327. The number of imidazole rings is 1. The Labute approximate surface area is 173 Å². The average molecular weight is 406 g/mol. The van der Waals surface area contributed by atoms with Crippen molar-refractivity contribution in [2.45, 2.75) is 74.0 Å². The van der Waals surface area contributed by atoms with E-state index >= 15 is 0 Å². The minimum atomic E-state index is -0.428. The van der Waals surface area contributed by atoms with E-state index in [0.717, 1.165) is 18.9 Å². The maximum absolute atomic E-state index is 12.1. The van der Waals surface area contributed by atoms with Gasteiger partial charge in [0.25, 0.3) is 0 Å². The fourth-order valence-electron chi connectivity index (χ4n) is 3.17. The van der Waals surface area contributed by atoms with E-state index in [2.05, 4.69) is 27.1 Å². The highest BCUT2D eigenvalue weighted by Crippen LogP contribution is 2.21. The first-order valence-electron chi connectivity index (χ1n) is 10.2. The number of nitrogens with zero attached hydrogens (tertiary/aromatic N) is 3. The molecule has 0 aliphatic carbocycles. The van der Waals surface area contributed by atoms with Gasteiger partial charge in [0.1, 0.15) is 11.9 Å². The number of hydrogen-bond acceptors (Lipinski definition) is 4. The molecule has 162 valence electrons. The number of aromatic nitrogens is 2. The van der Waals surface area contributed by atoms with Crippen molar-refractivity contribution in [3.8, 4) is 0 Å². The summed E-state index contributed by atoms with van der Waals surface area (Å²) in [6.07, 6.45) is 2.57. The molecule has 3 amide bonds. The fraction of sp³-hybridized carbons (Fsp3) is 0.714. The molecule has 1 atom stereocenters. The molecule has 0 bridgehead atoms. The Bertz CT molecular complexity index is 770. The van der Waals surface area contributed by atoms with Crippen molar-refractivity contribution in [3.05, 3.63) is 17.7 Å². The number of nitrogens with one attached hydrogen (secondary N) is 2. The van der Waals surface area contributed by atoms with Crippen LogP contribution < -0.4 is 10.6 Å². The summed E-state index contributed by atoms with van der Waals surface area (Å²) in [6.45, 7) is 16.4. The first-order valence-corrected chi connectivity index (χ1v) is 10.2. The van der Waals surface area contributed by atoms with Gasteiger partial charge in [0.2, 0.25) is 17.7 Å². The molecule has 0 unspecified atom stereocenters. The average Bonchev–Trinajstić information content (AvgIpc) is 3.19. The molecule has 8 nitrogen and oxygen atoms in total. The zero-order valence-corrected chi connectivity index (χ0v) is 18.8. The molecule has 1 fully saturated rings. The molecule has 2 aliphatic heterocycles. The van der Waals surface area contributed by atoms with E-state index < -0.39 is 5.41 Å². The van der Waals surface area contributed by atoms with Crippen LogP contribution in [0.15, 0.2) is 6.20 Å². The zero-order valence-electron chi connectivity index (χ0n) is 18.8. The SMILES string of the molecule is CC(C)(C)C(=O)N[C@@H]1CCNC1=O.Cc1cnc2n1CCN(C(=O)C(C)(C)C)C2. The van der Waals surface area contributed by atoms with Gasteiger partial charge in [0.15, 0.2) is 0 Å². The van der Waals surface area contributed by atoms with E-state index in [0.29, 0.717) is 19.5 Å². The van der Waals surface area contributed by atoms with Crippen LogP contribution in [0, 0.1) is 17.8 Å². The van der Waals surface area contributed by atoms with Gasteiger partial charge in [-0.3, -0.25) is 14.4 Å². The number of aryl methyl sites for hydroxylation is 1. The Morgan fingerprint density at radius 1 is 1.14 bits per heavy atom. The number of amides is 3. The second-order valence-electron chi connectivity index (χ2n) is 9.80. The summed E-state index contributed by atoms with van der Waals surface area (Å²) < 4.78 is 2.19. The molecule has 8 heteroatoms. The quantitative estimate of drug-likeness (QED) is 0.742. The predicted molar refractivity (Wildman–Crippen MR) is 111 cm³/mol. The zero-order chi connectivity index (χ0) is 22.0. The highest BCUT2D eigenvalue weighted by Gasteiger charge is 2.31. The van der Waals surface area contributed by atoms with Crippen LogP contribution in [0.5, 0.6) is 0 Å². The van der Waals surface area contributed by atoms with Crippen LogP contribution in [0.2, 0.25) is 0 Å². The lowest BCUT2D eigenvalue weighted by atomic mass is 9.94. The summed E-state index contributed by atoms with van der Waals surface area (Å²) in [5.74, 6) is 1.06. The third-order valence-corrected chi connectivity index (χ3v) is 5.03. The first kappa shape index (κ1) is 22.9. The molecule has 3 rings (SSSR count). The van der Waals surface area contributed by atoms with Crippen molar-refractivity contribution in [3.63, 3.8) is 0 Å². The van der Waals surface area contributed by atoms with E-state index in [1.54, 1.807) is 0 Å². The topological polar surface area (TPSA) is 96.3 Å². The van der Waals surface area contributed by atoms with E-state index in [1.807, 2.05) is 52.6 Å². The van der Waals surface area contributed by atoms with Crippen molar-refractivity contribution in [1.29, 1.82) is 0 Å². The summed E-state index contributed by atoms with van der Waals surface area (Å²) in [5.41, 5.74) is 0.449. The normalized spacial score (nSPS) is 19.1. The molecular weight excluding hydrogens is 370 g/mol. The van der Waals surface area contributed by atoms with E-state index in [-0.39, 0.29) is 29.2 Å². The van der Waals surface area contributed by atoms with Crippen LogP contribution in [0.25, 0.3) is 0 Å². The lowest BCUT2D eigenvalue weighted by molar-refractivity contribution is -0.141. The van der Waals surface area contributed by atoms with Gasteiger partial charge in [0.05, 0.1) is 6.54 Å². The molecule has 3 heterocycles. The summed E-state index contributed by atoms with van der Waals surface area (Å²) in [5, 5.41) is 5.39. The molecular formula is C21H35N5O3. The summed E-state index contributed by atoms with van der Waals surface area (Å²) in [4.78, 5) is 41.0. The van der Waals surface area contributed by atoms with Gasteiger partial charge in [-0.2, -0.15) is 0 Å². The number of hydrogen-bond donors (Lipinski definition) is 2. The standard InChI is InChI=1S/C12H19N3O.C9H16N2O2/c1-9-7-13-10-8-14(5-6-15(9)10)11(16)12(2,3)4;1-9(2,3)8(13)11-6-4-5-10-7(6)12/h7H,5-6,8H2,1-4H3;6H,4-5H2,1-3H3,(H,10,12)(H,11,13)/t;6-/m.1/s1. The van der Waals surface area contributed by atoms with Gasteiger partial charge < -0.3 is 20.1 Å². The third-order valence-electron chi connectivity index (χ3n) is 5.03. The van der Waals surface area contributed by atoms with Crippen molar-refractivity contribution in [2.24, 2.45) is 10.8 Å². The highest BCUT2D eigenvalue weighted by molar-refractivity contribution is 5.90. The molecule has 1 saturated heterocycles. The first-order chi connectivity index (χ1) is 13.3. The summed E-state index contributed by atoms with van der Waals surface area (Å²) in [7, 11) is 0. The Kier molecular flexibility index (Phi) is 6.75. The maximum atomic E-state index is 12.1. The van der Waals surface area contributed by atoms with Crippen molar-refractivity contribution in [1.82, 2.24) is 25.1 Å². The number of carbonyl (C=O) groups is 3. The van der Waals surface area contributed by atoms with Gasteiger partial charge in [-0.05, 0) is 13.3 Å². The van der Waals surface area contributed by atoms with Crippen LogP contribution in [-0.2, 0) is 27.5 Å². The van der Waals surface area contributed by atoms with Crippen LogP contribution >= 0.6 is 0 Å². The molecule has 2 N–H and O–H groups in total. The van der Waals surface area contributed by atoms with E-state index in [9.17, 15) is 14.4 Å². The van der Waals surface area contributed by atoms with Crippen LogP contribution in [0.1, 0.15) is 59.5 Å². The second-order valence-corrected chi connectivity index (χ2v) is 9.80. The molecule has 0 spiro atoms. The molecule has 29 heavy (non-hydrogen) atoms. The molecule has 1 aromatic rings. The maximum Gasteiger partial charge on any atom is 0.242 e. The third kappa shape index (κ3) is 5.81. The van der Waals surface area contributed by atoms with Gasteiger partial charge >= 0.3 is 0 Å². The van der Waals surface area contributed by atoms with Gasteiger partial charge in [-0.15, -0.1) is 0 Å². The van der Waals surface area contributed by atoms with E-state index in [4.69, 9.17) is 0 Å². The van der Waals surface area contributed by atoms with Crippen molar-refractivity contribution < 1.29 is 14.4 Å². The monoisotopic (exact) mass is 405 g/mol. The highest BCUT2D eigenvalue weighted by atomic mass is 16.2. The van der Waals surface area contributed by atoms with Gasteiger partial charge in [-0.1, -0.05) is 41.5 Å². The largest absolute Gasteiger partial charge is 0.354 e. The minimum absolute atomic E-state index is 0.0717. The van der Waals surface area contributed by atoms with Crippen molar-refractivity contribution >= 4 is 17.7 Å². The Hall–Kier alpha value is -2.38. The lowest BCUT2D eigenvalue weighted by Crippen LogP contribution is -2.45. The Balaban J connectivity index is 0.000000212. The van der Waals surface area contributed by atoms with Gasteiger partial charge in [-0.25, -0.2) is 4.98 Å². The van der Waals surface area contributed by atoms with Crippen molar-refractivity contribution in [2.75, 3.05) is 13.1 Å². The number of fused-ring (bicyclic) bond motifs is 1. The van der Waals surface area contributed by atoms with Crippen LogP contribution in [0.3, 0.4) is 0 Å². The Morgan fingerprint density at radius 2 is 1.79 bits per heavy atom. The molecule has 0 aromatic carbocycles. The predicted octanol–water partition coefficient (Wildman–Crippen LogP) is 1.62.